The Bertz CT molecular complexity index is 404. The Hall–Kier alpha value is 0.455. The zero-order valence-electron chi connectivity index (χ0n) is 10.0. The van der Waals surface area contributed by atoms with Crippen molar-refractivity contribution in [2.24, 2.45) is 0 Å². The van der Waals surface area contributed by atoms with Gasteiger partial charge in [0.15, 0.2) is 0 Å². The summed E-state index contributed by atoms with van der Waals surface area (Å²) >= 11 is 4.86. The molecule has 4 nitrogen and oxygen atoms in total. The van der Waals surface area contributed by atoms with Crippen molar-refractivity contribution in [1.82, 2.24) is 5.09 Å². The second-order valence-electron chi connectivity index (χ2n) is 3.06. The average molecular weight is 257 g/mol. The third-order valence-corrected chi connectivity index (χ3v) is 4.47. The Morgan fingerprint density at radius 3 is 2.24 bits per heavy atom. The van der Waals surface area contributed by atoms with E-state index in [0.717, 1.165) is 0 Å². The summed E-state index contributed by atoms with van der Waals surface area (Å²) in [5, 5.41) is 13.3. The molecule has 1 rings (SSSR count). The summed E-state index contributed by atoms with van der Waals surface area (Å²) < 4.78 is 0. The Morgan fingerprint density at radius 2 is 1.82 bits per heavy atom. The van der Waals surface area contributed by atoms with Crippen molar-refractivity contribution in [1.29, 1.82) is 0 Å². The molecule has 0 bridgehead atoms. The number of nitrogens with one attached hydrogen (secondary N) is 1. The molecule has 8 heteroatoms. The molecule has 82 valence electrons. The summed E-state index contributed by atoms with van der Waals surface area (Å²) in [4.78, 5) is 22.4. The van der Waals surface area contributed by atoms with E-state index < -0.39 is 18.4 Å². The maximum absolute atomic E-state index is 11.9. The van der Waals surface area contributed by atoms with E-state index >= 15 is 0 Å². The van der Waals surface area contributed by atoms with Crippen LogP contribution in [0.1, 0.15) is 6.92 Å². The van der Waals surface area contributed by atoms with E-state index in [1.54, 1.807) is 30.3 Å². The summed E-state index contributed by atoms with van der Waals surface area (Å²) in [7, 11) is 0. The van der Waals surface area contributed by atoms with Crippen LogP contribution in [0.25, 0.3) is 0 Å². The normalized spacial score (nSPS) is 14.7. The predicted octanol–water partition coefficient (Wildman–Crippen LogP) is -7.28. The second-order valence-corrected chi connectivity index (χ2v) is 6.48. The van der Waals surface area contributed by atoms with Crippen LogP contribution >= 0.6 is 6.42 Å². The van der Waals surface area contributed by atoms with Crippen molar-refractivity contribution < 1.29 is 52.5 Å². The molecular weight excluding hydrogens is 247 g/mol. The predicted molar refractivity (Wildman–Crippen MR) is 58.0 cm³/mol. The number of aliphatic carboxylic acids is 1. The number of hydrogen-bond acceptors (Lipinski definition) is 4. The summed E-state index contributed by atoms with van der Waals surface area (Å²) in [5.41, 5.74) is 0. The Labute approximate surface area is 130 Å². The fourth-order valence-corrected chi connectivity index (χ4v) is 3.17. The first-order valence-corrected chi connectivity index (χ1v) is 7.01. The minimum atomic E-state index is -3.24. The standard InChI is InChI=1S/C9H12NO3PS.2Li/c1-7(9(11)12)10-14(13,15)8-5-3-2-4-6-8;;/h2-7H,1H3,(H,11,12)(H2,10,13,15);;/q;2*+1/p-2/t7-,14?;;/m0../s1. The number of carbonyl (C=O) groups is 1. The van der Waals surface area contributed by atoms with Gasteiger partial charge in [-0.25, -0.2) is 0 Å². The molecule has 2 atom stereocenters. The van der Waals surface area contributed by atoms with Crippen molar-refractivity contribution in [2.75, 3.05) is 0 Å². The van der Waals surface area contributed by atoms with Crippen LogP contribution in [0.4, 0.5) is 0 Å². The molecule has 0 spiro atoms. The molecule has 0 saturated carbocycles. The maximum Gasteiger partial charge on any atom is 1.00 e. The van der Waals surface area contributed by atoms with E-state index in [4.69, 9.17) is 11.8 Å². The Balaban J connectivity index is 0. The van der Waals surface area contributed by atoms with Crippen molar-refractivity contribution in [3.8, 4) is 0 Å². The van der Waals surface area contributed by atoms with Crippen molar-refractivity contribution >= 4 is 29.5 Å². The second kappa shape index (κ2) is 8.54. The van der Waals surface area contributed by atoms with Crippen LogP contribution in [0.3, 0.4) is 0 Å². The largest absolute Gasteiger partial charge is 1.00 e. The maximum atomic E-state index is 11.9. The van der Waals surface area contributed by atoms with Gasteiger partial charge in [0.25, 0.3) is 0 Å². The average Bonchev–Trinajstić information content (AvgIpc) is 2.18. The fourth-order valence-electron chi connectivity index (χ4n) is 1.01. The molecule has 0 heterocycles. The number of carbonyl (C=O) groups excluding carboxylic acids is 1. The molecule has 0 fully saturated rings. The molecule has 1 N–H and O–H groups in total. The van der Waals surface area contributed by atoms with Gasteiger partial charge < -0.3 is 14.8 Å². The third kappa shape index (κ3) is 6.25. The molecule has 1 aromatic rings. The quantitative estimate of drug-likeness (QED) is 0.428. The minimum Gasteiger partial charge on any atom is -0.807 e. The molecule has 0 saturated heterocycles. The smallest absolute Gasteiger partial charge is 0.807 e. The molecule has 0 aliphatic rings. The molecule has 0 aliphatic carbocycles. The number of carboxylic acid groups (broad SMARTS) is 1. The van der Waals surface area contributed by atoms with E-state index in [9.17, 15) is 14.8 Å². The van der Waals surface area contributed by atoms with E-state index in [2.05, 4.69) is 5.09 Å². The fraction of sp³-hybridized carbons (Fsp3) is 0.222. The minimum absolute atomic E-state index is 0. The van der Waals surface area contributed by atoms with Crippen molar-refractivity contribution in [3.63, 3.8) is 0 Å². The molecule has 0 amide bonds. The van der Waals surface area contributed by atoms with Gasteiger partial charge in [-0.3, -0.25) is 5.09 Å². The van der Waals surface area contributed by atoms with Crippen molar-refractivity contribution in [2.45, 2.75) is 13.0 Å². The topological polar surface area (TPSA) is 75.2 Å². The molecular formula is C9H10Li2NO3PS. The monoisotopic (exact) mass is 257 g/mol. The molecule has 0 radical (unpaired) electrons. The first-order chi connectivity index (χ1) is 6.93. The van der Waals surface area contributed by atoms with Crippen LogP contribution in [0, 0.1) is 0 Å². The first-order valence-electron chi connectivity index (χ1n) is 4.29. The van der Waals surface area contributed by atoms with Gasteiger partial charge >= 0.3 is 37.7 Å². The SMILES string of the molecule is C[C@H](NP([O-])(=S)c1ccccc1)C(=O)[O-].[Li+].[Li+]. The summed E-state index contributed by atoms with van der Waals surface area (Å²) in [6, 6.07) is 7.32. The van der Waals surface area contributed by atoms with Crippen molar-refractivity contribution in [3.05, 3.63) is 30.3 Å². The molecule has 1 aromatic carbocycles. The molecule has 0 aliphatic heterocycles. The van der Waals surface area contributed by atoms with E-state index in [1.165, 1.54) is 6.92 Å². The molecule has 17 heavy (non-hydrogen) atoms. The zero-order valence-corrected chi connectivity index (χ0v) is 11.8. The number of benzene rings is 1. The van der Waals surface area contributed by atoms with Crippen LogP contribution in [0.5, 0.6) is 0 Å². The summed E-state index contributed by atoms with van der Waals surface area (Å²) in [6.45, 7) is 1.34. The molecule has 1 unspecified atom stereocenters. The van der Waals surface area contributed by atoms with Gasteiger partial charge in [0.2, 0.25) is 0 Å². The van der Waals surface area contributed by atoms with Gasteiger partial charge in [-0.15, -0.1) is 0 Å². The van der Waals surface area contributed by atoms with Gasteiger partial charge in [0, 0.05) is 6.04 Å². The van der Waals surface area contributed by atoms with Crippen LogP contribution in [0.15, 0.2) is 30.3 Å². The number of rotatable bonds is 4. The van der Waals surface area contributed by atoms with Gasteiger partial charge in [0.05, 0.1) is 5.97 Å². The van der Waals surface area contributed by atoms with Crippen LogP contribution in [-0.2, 0) is 16.6 Å². The van der Waals surface area contributed by atoms with Crippen LogP contribution < -0.4 is 58.1 Å². The van der Waals surface area contributed by atoms with Gasteiger partial charge in [-0.1, -0.05) is 42.1 Å². The molecule has 0 aromatic heterocycles. The Kier molecular flexibility index (Phi) is 9.94. The third-order valence-electron chi connectivity index (χ3n) is 1.81. The van der Waals surface area contributed by atoms with Gasteiger partial charge in [0.1, 0.15) is 0 Å². The number of carboxylic acids is 1. The summed E-state index contributed by atoms with van der Waals surface area (Å²) in [5.74, 6) is -1.32. The van der Waals surface area contributed by atoms with Crippen LogP contribution in [0.2, 0.25) is 0 Å². The van der Waals surface area contributed by atoms with Gasteiger partial charge in [-0.2, -0.15) is 0 Å². The number of hydrogen-bond donors (Lipinski definition) is 1. The van der Waals surface area contributed by atoms with Crippen LogP contribution in [-0.4, -0.2) is 12.0 Å². The summed E-state index contributed by atoms with van der Waals surface area (Å²) in [6.07, 6.45) is -3.24. The zero-order chi connectivity index (χ0) is 11.5. The van der Waals surface area contributed by atoms with E-state index in [0.29, 0.717) is 5.30 Å². The van der Waals surface area contributed by atoms with E-state index in [1.807, 2.05) is 0 Å². The van der Waals surface area contributed by atoms with E-state index in [-0.39, 0.29) is 37.7 Å². The van der Waals surface area contributed by atoms with Gasteiger partial charge in [-0.05, 0) is 18.6 Å². The Morgan fingerprint density at radius 1 is 1.35 bits per heavy atom. The first kappa shape index (κ1) is 19.8.